The third kappa shape index (κ3) is 6.22. The number of aliphatic hydroxyl groups excluding tert-OH is 4. The first kappa shape index (κ1) is 36.8. The molecule has 50 heavy (non-hydrogen) atoms. The molecule has 6 rings (SSSR count). The zero-order valence-electron chi connectivity index (χ0n) is 26.3. The molecule has 0 aromatic carbocycles. The molecule has 10 atom stereocenters. The number of hydrogen-bond acceptors (Lipinski definition) is 19. The van der Waals surface area contributed by atoms with Gasteiger partial charge >= 0.3 is 5.97 Å². The summed E-state index contributed by atoms with van der Waals surface area (Å²) in [5, 5.41) is 59.6. The van der Waals surface area contributed by atoms with Crippen molar-refractivity contribution in [3.05, 3.63) is 25.3 Å². The van der Waals surface area contributed by atoms with E-state index in [9.17, 15) is 39.9 Å². The Kier molecular flexibility index (Phi) is 10.6. The van der Waals surface area contributed by atoms with Crippen molar-refractivity contribution in [2.24, 2.45) is 5.73 Å². The van der Waals surface area contributed by atoms with E-state index in [0.717, 1.165) is 17.2 Å². The van der Waals surface area contributed by atoms with Crippen LogP contribution >= 0.6 is 0 Å². The van der Waals surface area contributed by atoms with Crippen molar-refractivity contribution in [3.63, 3.8) is 0 Å². The van der Waals surface area contributed by atoms with E-state index in [1.165, 1.54) is 17.2 Å². The summed E-state index contributed by atoms with van der Waals surface area (Å²) in [4.78, 5) is 57.8. The number of aliphatic hydroxyl groups is 5. The van der Waals surface area contributed by atoms with Gasteiger partial charge in [-0.2, -0.15) is 0 Å². The molecule has 0 amide bonds. The first-order valence-corrected chi connectivity index (χ1v) is 16.8. The largest absolute Gasteiger partial charge is 0.480 e. The van der Waals surface area contributed by atoms with E-state index < -0.39 is 66.7 Å². The summed E-state index contributed by atoms with van der Waals surface area (Å²) >= 11 is 0. The molecule has 2 aliphatic heterocycles. The maximum Gasteiger partial charge on any atom is 0.320 e. The number of carbonyl (C=O) groups is 3. The number of aromatic nitrogens is 8. The molecule has 2 aliphatic rings. The van der Waals surface area contributed by atoms with Crippen LogP contribution in [0, 0.1) is 0 Å². The molecule has 2 saturated heterocycles. The molecule has 4 aromatic rings. The van der Waals surface area contributed by atoms with Gasteiger partial charge in [0.15, 0.2) is 41.7 Å². The number of nitrogens with zero attached hydrogens (tertiary/aromatic N) is 8. The molecule has 4 aromatic heterocycles. The summed E-state index contributed by atoms with van der Waals surface area (Å²) in [7, 11) is -0.235. The molecular weight excluding hydrogens is 686 g/mol. The number of anilines is 2. The molecule has 0 saturated carbocycles. The Morgan fingerprint density at radius 3 is 2.20 bits per heavy atom. The number of carbonyl (C=O) groups excluding carboxylic acids is 2. The van der Waals surface area contributed by atoms with Crippen molar-refractivity contribution >= 4 is 63.4 Å². The van der Waals surface area contributed by atoms with Gasteiger partial charge in [0.2, 0.25) is 11.3 Å². The van der Waals surface area contributed by atoms with Crippen molar-refractivity contribution in [3.8, 4) is 0 Å². The van der Waals surface area contributed by atoms with E-state index in [4.69, 9.17) is 31.8 Å². The minimum atomic E-state index is -2.66. The number of nitrogens with two attached hydrogens (primary N) is 3. The fourth-order valence-corrected chi connectivity index (χ4v) is 7.33. The summed E-state index contributed by atoms with van der Waals surface area (Å²) < 4.78 is 13.7. The highest BCUT2D eigenvalue weighted by atomic mass is 32.2. The summed E-state index contributed by atoms with van der Waals surface area (Å²) in [6.45, 7) is -0.726. The van der Waals surface area contributed by atoms with Crippen LogP contribution in [0.15, 0.2) is 25.3 Å². The van der Waals surface area contributed by atoms with E-state index in [-0.39, 0.29) is 46.3 Å². The molecule has 23 heteroatoms. The molecule has 0 aliphatic carbocycles. The maximum atomic E-state index is 11.8. The maximum absolute atomic E-state index is 11.8. The van der Waals surface area contributed by atoms with Gasteiger partial charge in [-0.25, -0.2) is 29.9 Å². The Hall–Kier alpha value is -4.46. The number of imidazole rings is 2. The van der Waals surface area contributed by atoms with Crippen LogP contribution in [0.4, 0.5) is 11.6 Å². The third-order valence-corrected chi connectivity index (χ3v) is 10.3. The number of hydrogen-bond donors (Lipinski definition) is 9. The van der Waals surface area contributed by atoms with Crippen molar-refractivity contribution in [1.82, 2.24) is 39.0 Å². The van der Waals surface area contributed by atoms with Crippen LogP contribution in [0.25, 0.3) is 22.3 Å². The van der Waals surface area contributed by atoms with Crippen molar-refractivity contribution < 1.29 is 54.5 Å². The lowest BCUT2D eigenvalue weighted by atomic mass is 9.87. The van der Waals surface area contributed by atoms with Gasteiger partial charge in [-0.1, -0.05) is 0 Å². The minimum Gasteiger partial charge on any atom is -0.480 e. The van der Waals surface area contributed by atoms with Gasteiger partial charge in [0.05, 0.1) is 19.2 Å². The number of aldehydes is 2. The van der Waals surface area contributed by atoms with Crippen LogP contribution in [-0.2, 0) is 40.5 Å². The molecule has 0 spiro atoms. The minimum absolute atomic E-state index is 0.00987. The van der Waals surface area contributed by atoms with Gasteiger partial charge in [0, 0.05) is 6.42 Å². The number of nitrogen functional groups attached to an aromatic ring is 2. The summed E-state index contributed by atoms with van der Waals surface area (Å²) in [6, 6.07) is -0.907. The predicted octanol–water partition coefficient (Wildman–Crippen LogP) is -4.98. The van der Waals surface area contributed by atoms with Crippen LogP contribution in [-0.4, -0.2) is 155 Å². The quantitative estimate of drug-likeness (QED) is 0.0517. The molecule has 0 bridgehead atoms. The van der Waals surface area contributed by atoms with Gasteiger partial charge in [0.1, 0.15) is 78.1 Å². The fraction of sp³-hybridized carbons (Fsp3) is 0.519. The Morgan fingerprint density at radius 2 is 1.60 bits per heavy atom. The molecule has 1 unspecified atom stereocenters. The summed E-state index contributed by atoms with van der Waals surface area (Å²) in [5.74, 6) is 0.270. The number of carboxylic acid groups (broad SMARTS) is 1. The molecule has 270 valence electrons. The van der Waals surface area contributed by atoms with Crippen LogP contribution in [0.2, 0.25) is 0 Å². The number of rotatable bonds is 11. The zero-order chi connectivity index (χ0) is 36.5. The lowest BCUT2D eigenvalue weighted by Crippen LogP contribution is -2.59. The van der Waals surface area contributed by atoms with Crippen molar-refractivity contribution in [2.75, 3.05) is 35.8 Å². The Morgan fingerprint density at radius 1 is 0.980 bits per heavy atom. The lowest BCUT2D eigenvalue weighted by molar-refractivity contribution is -0.186. The normalized spacial score (nSPS) is 30.5. The van der Waals surface area contributed by atoms with E-state index >= 15 is 0 Å². The monoisotopic (exact) mass is 722 g/mol. The molecule has 6 heterocycles. The fourth-order valence-electron chi connectivity index (χ4n) is 5.67. The molecular formula is C27H36N11O11S+. The average Bonchev–Trinajstić information content (AvgIpc) is 3.85. The van der Waals surface area contributed by atoms with Gasteiger partial charge < -0.3 is 57.3 Å². The second-order valence-electron chi connectivity index (χ2n) is 11.6. The zero-order valence-corrected chi connectivity index (χ0v) is 27.1. The molecule has 0 radical (unpaired) electrons. The number of fused-ring (bicyclic) bond motifs is 2. The van der Waals surface area contributed by atoms with E-state index in [1.54, 1.807) is 0 Å². The van der Waals surface area contributed by atoms with E-state index in [1.807, 2.05) is 6.26 Å². The van der Waals surface area contributed by atoms with E-state index in [0.29, 0.717) is 29.1 Å². The first-order chi connectivity index (χ1) is 23.7. The van der Waals surface area contributed by atoms with Crippen LogP contribution in [0.1, 0.15) is 12.6 Å². The van der Waals surface area contributed by atoms with Crippen molar-refractivity contribution in [2.45, 2.75) is 60.5 Å². The molecule has 2 fully saturated rings. The van der Waals surface area contributed by atoms with Crippen LogP contribution in [0.3, 0.4) is 0 Å². The standard InChI is InChI=1S/C15H22N6O5S.C12H13N5O6/c1-27(3-2-7(16)15(24)25)4-8-10(22)11(23)14(26-8)21-6-20-9-12(17)18-5-19-13(9)21;13-9-7-10(15-4-14-9)17(5-16-7)12(3-20)11(22,2-19)8(21)6(1-18)23-12/h5-8,10-11,14,22-23H,2-4,16H2,1H3,(H2-,17,18,19,24,25);2-6,8,18,21-22H,1H2,(H2,13,14,15)/p+1/t7-,8+,10+,11+,14+,27?;6-,8-,11-,12-/m01/s1. The Labute approximate surface area is 284 Å². The second kappa shape index (κ2) is 14.4. The number of aliphatic carboxylic acids is 1. The average molecular weight is 723 g/mol. The first-order valence-electron chi connectivity index (χ1n) is 14.8. The highest BCUT2D eigenvalue weighted by Crippen LogP contribution is 2.43. The SMILES string of the molecule is C[S+](CC[C@H](N)C(=O)O)C[C@H]1O[C@@H](n2cnc3c(N)ncnc32)[C@H](O)[C@@H]1O.Nc1ncnc2c1ncn2[C@]1(C=O)O[C@H](CO)[C@@H](O)[C@]1(O)C=O. The lowest BCUT2D eigenvalue weighted by Gasteiger charge is -2.34. The van der Waals surface area contributed by atoms with Crippen LogP contribution in [0.5, 0.6) is 0 Å². The van der Waals surface area contributed by atoms with Gasteiger partial charge in [-0.05, 0) is 10.9 Å². The van der Waals surface area contributed by atoms with Crippen molar-refractivity contribution in [1.29, 1.82) is 0 Å². The highest BCUT2D eigenvalue weighted by Gasteiger charge is 2.67. The number of carboxylic acids is 1. The van der Waals surface area contributed by atoms with Crippen LogP contribution < -0.4 is 17.2 Å². The topological polar surface area (TPSA) is 356 Å². The van der Waals surface area contributed by atoms with E-state index in [2.05, 4.69) is 29.9 Å². The third-order valence-electron chi connectivity index (χ3n) is 8.49. The van der Waals surface area contributed by atoms with Gasteiger partial charge in [-0.15, -0.1) is 0 Å². The molecule has 12 N–H and O–H groups in total. The van der Waals surface area contributed by atoms with Gasteiger partial charge in [-0.3, -0.25) is 23.5 Å². The summed E-state index contributed by atoms with van der Waals surface area (Å²) in [5.41, 5.74) is 12.9. The number of ether oxygens (including phenoxy) is 2. The highest BCUT2D eigenvalue weighted by molar-refractivity contribution is 7.96. The summed E-state index contributed by atoms with van der Waals surface area (Å²) in [6.07, 6.45) is 0.397. The smallest absolute Gasteiger partial charge is 0.320 e. The Balaban J connectivity index is 0.000000197. The van der Waals surface area contributed by atoms with Gasteiger partial charge in [0.25, 0.3) is 0 Å². The second-order valence-corrected chi connectivity index (χ2v) is 13.9. The predicted molar refractivity (Wildman–Crippen MR) is 172 cm³/mol. The molecule has 22 nitrogen and oxygen atoms in total. The Bertz CT molecular complexity index is 1860.